The summed E-state index contributed by atoms with van der Waals surface area (Å²) in [7, 11) is 0. The van der Waals surface area contributed by atoms with Crippen molar-refractivity contribution in [2.24, 2.45) is 0 Å². The molecule has 136 valence electrons. The fourth-order valence-electron chi connectivity index (χ4n) is 3.40. The molecule has 1 aromatic rings. The van der Waals surface area contributed by atoms with Gasteiger partial charge in [0, 0.05) is 24.8 Å². The first-order valence-corrected chi connectivity index (χ1v) is 10.2. The van der Waals surface area contributed by atoms with Gasteiger partial charge in [-0.1, -0.05) is 37.3 Å². The normalized spacial score (nSPS) is 19.6. The SMILES string of the molecule is CC(C)c1cc(=O)n2c(n1)SC[C@H]2CC(=O)NCCC1=CCCCC1. The summed E-state index contributed by atoms with van der Waals surface area (Å²) in [5, 5.41) is 3.76. The maximum absolute atomic E-state index is 12.4. The van der Waals surface area contributed by atoms with Gasteiger partial charge >= 0.3 is 0 Å². The van der Waals surface area contributed by atoms with Gasteiger partial charge < -0.3 is 5.32 Å². The highest BCUT2D eigenvalue weighted by molar-refractivity contribution is 7.99. The van der Waals surface area contributed by atoms with Crippen molar-refractivity contribution in [2.75, 3.05) is 12.3 Å². The molecule has 1 aliphatic heterocycles. The third kappa shape index (κ3) is 4.54. The Morgan fingerprint density at radius 1 is 1.44 bits per heavy atom. The molecule has 0 fully saturated rings. The van der Waals surface area contributed by atoms with E-state index in [-0.39, 0.29) is 23.4 Å². The van der Waals surface area contributed by atoms with Gasteiger partial charge in [-0.15, -0.1) is 0 Å². The Balaban J connectivity index is 1.55. The molecule has 1 aliphatic carbocycles. The van der Waals surface area contributed by atoms with E-state index in [0.29, 0.717) is 13.0 Å². The number of aromatic nitrogens is 2. The maximum atomic E-state index is 12.4. The van der Waals surface area contributed by atoms with Gasteiger partial charge in [-0.05, 0) is 38.0 Å². The molecule has 2 aliphatic rings. The Bertz CT molecular complexity index is 724. The summed E-state index contributed by atoms with van der Waals surface area (Å²) in [5.41, 5.74) is 2.26. The van der Waals surface area contributed by atoms with Crippen LogP contribution in [0.3, 0.4) is 0 Å². The van der Waals surface area contributed by atoms with Crippen molar-refractivity contribution < 1.29 is 4.79 Å². The van der Waals surface area contributed by atoms with Gasteiger partial charge in [-0.3, -0.25) is 14.2 Å². The minimum absolute atomic E-state index is 0.0229. The molecule has 0 spiro atoms. The van der Waals surface area contributed by atoms with E-state index in [1.807, 2.05) is 13.8 Å². The number of carbonyl (C=O) groups excluding carboxylic acids is 1. The molecule has 0 radical (unpaired) electrons. The molecule has 0 unspecified atom stereocenters. The fourth-order valence-corrected chi connectivity index (χ4v) is 4.55. The number of nitrogens with zero attached hydrogens (tertiary/aromatic N) is 2. The average molecular weight is 362 g/mol. The van der Waals surface area contributed by atoms with Gasteiger partial charge in [0.15, 0.2) is 5.16 Å². The van der Waals surface area contributed by atoms with Gasteiger partial charge in [0.1, 0.15) is 0 Å². The van der Waals surface area contributed by atoms with E-state index in [1.54, 1.807) is 22.4 Å². The van der Waals surface area contributed by atoms with E-state index in [0.717, 1.165) is 23.0 Å². The molecule has 0 aromatic carbocycles. The van der Waals surface area contributed by atoms with Gasteiger partial charge in [-0.25, -0.2) is 4.98 Å². The summed E-state index contributed by atoms with van der Waals surface area (Å²) in [5.74, 6) is 0.993. The van der Waals surface area contributed by atoms with Gasteiger partial charge in [0.25, 0.3) is 5.56 Å². The highest BCUT2D eigenvalue weighted by Crippen LogP contribution is 2.32. The fraction of sp³-hybridized carbons (Fsp3) is 0.632. The van der Waals surface area contributed by atoms with Crippen LogP contribution in [-0.4, -0.2) is 27.8 Å². The van der Waals surface area contributed by atoms with Crippen molar-refractivity contribution in [3.63, 3.8) is 0 Å². The Morgan fingerprint density at radius 2 is 2.28 bits per heavy atom. The van der Waals surface area contributed by atoms with Crippen molar-refractivity contribution >= 4 is 17.7 Å². The first-order chi connectivity index (χ1) is 12.0. The number of thioether (sulfide) groups is 1. The number of nitrogens with one attached hydrogen (secondary N) is 1. The zero-order valence-electron chi connectivity index (χ0n) is 15.1. The predicted molar refractivity (Wildman–Crippen MR) is 101 cm³/mol. The van der Waals surface area contributed by atoms with Crippen LogP contribution in [0.5, 0.6) is 0 Å². The lowest BCUT2D eigenvalue weighted by molar-refractivity contribution is -0.121. The molecule has 2 heterocycles. The highest BCUT2D eigenvalue weighted by Gasteiger charge is 2.27. The summed E-state index contributed by atoms with van der Waals surface area (Å²) in [6, 6.07) is 1.52. The minimum atomic E-state index is -0.0879. The lowest BCUT2D eigenvalue weighted by Crippen LogP contribution is -2.31. The van der Waals surface area contributed by atoms with Crippen molar-refractivity contribution in [3.05, 3.63) is 33.8 Å². The average Bonchev–Trinajstić information content (AvgIpc) is 2.99. The van der Waals surface area contributed by atoms with Crippen LogP contribution in [0.1, 0.15) is 70.0 Å². The molecule has 1 aromatic heterocycles. The van der Waals surface area contributed by atoms with Gasteiger partial charge in [-0.2, -0.15) is 0 Å². The summed E-state index contributed by atoms with van der Waals surface area (Å²) >= 11 is 1.57. The second-order valence-electron chi connectivity index (χ2n) is 7.20. The first kappa shape index (κ1) is 18.2. The summed E-state index contributed by atoms with van der Waals surface area (Å²) in [4.78, 5) is 29.3. The van der Waals surface area contributed by atoms with Gasteiger partial charge in [0.05, 0.1) is 11.7 Å². The molecule has 5 nitrogen and oxygen atoms in total. The van der Waals surface area contributed by atoms with E-state index in [2.05, 4.69) is 16.4 Å². The quantitative estimate of drug-likeness (QED) is 0.623. The third-order valence-electron chi connectivity index (χ3n) is 4.88. The molecular formula is C19H27N3O2S. The van der Waals surface area contributed by atoms with Crippen LogP contribution in [-0.2, 0) is 4.79 Å². The molecular weight excluding hydrogens is 334 g/mol. The van der Waals surface area contributed by atoms with Crippen LogP contribution in [0.15, 0.2) is 27.7 Å². The second-order valence-corrected chi connectivity index (χ2v) is 8.19. The number of allylic oxidation sites excluding steroid dienone is 1. The van der Waals surface area contributed by atoms with E-state index in [9.17, 15) is 9.59 Å². The van der Waals surface area contributed by atoms with Crippen LogP contribution < -0.4 is 10.9 Å². The number of hydrogen-bond donors (Lipinski definition) is 1. The standard InChI is InChI=1S/C19H27N3O2S/c1-13(2)16-11-18(24)22-15(12-25-19(22)21-16)10-17(23)20-9-8-14-6-4-3-5-7-14/h6,11,13,15H,3-5,7-10,12H2,1-2H3,(H,20,23)/t15-/m1/s1. The molecule has 0 saturated carbocycles. The topological polar surface area (TPSA) is 64.0 Å². The smallest absolute Gasteiger partial charge is 0.254 e. The van der Waals surface area contributed by atoms with Crippen LogP contribution in [0.4, 0.5) is 0 Å². The zero-order chi connectivity index (χ0) is 17.8. The Hall–Kier alpha value is -1.56. The molecule has 0 saturated heterocycles. The van der Waals surface area contributed by atoms with Crippen LogP contribution >= 0.6 is 11.8 Å². The van der Waals surface area contributed by atoms with Crippen molar-refractivity contribution in [1.82, 2.24) is 14.9 Å². The Labute approximate surface area is 153 Å². The monoisotopic (exact) mass is 361 g/mol. The van der Waals surface area contributed by atoms with Crippen molar-refractivity contribution in [1.29, 1.82) is 0 Å². The van der Waals surface area contributed by atoms with Crippen LogP contribution in [0, 0.1) is 0 Å². The molecule has 6 heteroatoms. The number of fused-ring (bicyclic) bond motifs is 1. The Kier molecular flexibility index (Phi) is 5.99. The first-order valence-electron chi connectivity index (χ1n) is 9.25. The lowest BCUT2D eigenvalue weighted by Gasteiger charge is -2.15. The molecule has 3 rings (SSSR count). The minimum Gasteiger partial charge on any atom is -0.356 e. The summed E-state index contributed by atoms with van der Waals surface area (Å²) in [6.45, 7) is 4.76. The van der Waals surface area contributed by atoms with Crippen molar-refractivity contribution in [3.8, 4) is 0 Å². The molecule has 25 heavy (non-hydrogen) atoms. The predicted octanol–water partition coefficient (Wildman–Crippen LogP) is 3.41. The van der Waals surface area contributed by atoms with E-state index >= 15 is 0 Å². The summed E-state index contributed by atoms with van der Waals surface area (Å²) in [6.07, 6.45) is 8.51. The number of hydrogen-bond acceptors (Lipinski definition) is 4. The van der Waals surface area contributed by atoms with Crippen LogP contribution in [0.25, 0.3) is 0 Å². The second kappa shape index (κ2) is 8.21. The largest absolute Gasteiger partial charge is 0.356 e. The number of amides is 1. The molecule has 1 atom stereocenters. The van der Waals surface area contributed by atoms with Crippen LogP contribution in [0.2, 0.25) is 0 Å². The number of carbonyl (C=O) groups is 1. The third-order valence-corrected chi connectivity index (χ3v) is 5.97. The molecule has 1 N–H and O–H groups in total. The van der Waals surface area contributed by atoms with Gasteiger partial charge in [0.2, 0.25) is 5.91 Å². The lowest BCUT2D eigenvalue weighted by atomic mass is 9.97. The molecule has 0 bridgehead atoms. The number of rotatable bonds is 6. The highest BCUT2D eigenvalue weighted by atomic mass is 32.2. The van der Waals surface area contributed by atoms with E-state index in [4.69, 9.17) is 0 Å². The van der Waals surface area contributed by atoms with E-state index < -0.39 is 0 Å². The molecule has 1 amide bonds. The maximum Gasteiger partial charge on any atom is 0.254 e. The zero-order valence-corrected chi connectivity index (χ0v) is 15.9. The van der Waals surface area contributed by atoms with Crippen molar-refractivity contribution in [2.45, 2.75) is 69.5 Å². The van der Waals surface area contributed by atoms with E-state index in [1.165, 1.54) is 31.3 Å². The Morgan fingerprint density at radius 3 is 3.00 bits per heavy atom. The summed E-state index contributed by atoms with van der Waals surface area (Å²) < 4.78 is 1.69.